The SMILES string of the molecule is O=C(CN1CCc2nc(NC(=O)c3ccco3)sc2C1)NCc1ccc(F)cc1. The number of halogens is 1. The van der Waals surface area contributed by atoms with E-state index in [2.05, 4.69) is 15.6 Å². The first kappa shape index (κ1) is 19.3. The first-order chi connectivity index (χ1) is 14.1. The minimum Gasteiger partial charge on any atom is -0.459 e. The Hall–Kier alpha value is -3.04. The van der Waals surface area contributed by atoms with Crippen molar-refractivity contribution < 1.29 is 18.4 Å². The summed E-state index contributed by atoms with van der Waals surface area (Å²) in [6.45, 7) is 1.95. The van der Waals surface area contributed by atoms with Crippen LogP contribution in [0.5, 0.6) is 0 Å². The lowest BCUT2D eigenvalue weighted by Gasteiger charge is -2.25. The van der Waals surface area contributed by atoms with Gasteiger partial charge in [-0.25, -0.2) is 9.37 Å². The second-order valence-electron chi connectivity index (χ2n) is 6.68. The molecule has 2 aromatic heterocycles. The van der Waals surface area contributed by atoms with Gasteiger partial charge in [0.2, 0.25) is 5.91 Å². The lowest BCUT2D eigenvalue weighted by molar-refractivity contribution is -0.122. The molecule has 3 heterocycles. The Bertz CT molecular complexity index is 1000. The predicted molar refractivity (Wildman–Crippen MR) is 106 cm³/mol. The molecule has 29 heavy (non-hydrogen) atoms. The zero-order valence-electron chi connectivity index (χ0n) is 15.5. The van der Waals surface area contributed by atoms with E-state index in [0.717, 1.165) is 16.1 Å². The molecule has 0 spiro atoms. The van der Waals surface area contributed by atoms with Gasteiger partial charge >= 0.3 is 0 Å². The van der Waals surface area contributed by atoms with Crippen LogP contribution in [0.4, 0.5) is 9.52 Å². The van der Waals surface area contributed by atoms with Gasteiger partial charge in [0.05, 0.1) is 18.5 Å². The molecule has 1 aliphatic heterocycles. The van der Waals surface area contributed by atoms with Crippen LogP contribution in [0.15, 0.2) is 47.1 Å². The van der Waals surface area contributed by atoms with Crippen molar-refractivity contribution in [1.29, 1.82) is 0 Å². The molecule has 1 aromatic carbocycles. The number of hydrogen-bond donors (Lipinski definition) is 2. The summed E-state index contributed by atoms with van der Waals surface area (Å²) in [5, 5.41) is 6.13. The topological polar surface area (TPSA) is 87.5 Å². The second-order valence-corrected chi connectivity index (χ2v) is 7.77. The van der Waals surface area contributed by atoms with Crippen LogP contribution in [-0.4, -0.2) is 34.8 Å². The molecule has 0 saturated heterocycles. The third kappa shape index (κ3) is 4.87. The first-order valence-corrected chi connectivity index (χ1v) is 9.95. The van der Waals surface area contributed by atoms with Crippen LogP contribution in [0.1, 0.15) is 26.7 Å². The number of nitrogens with one attached hydrogen (secondary N) is 2. The number of carbonyl (C=O) groups is 2. The summed E-state index contributed by atoms with van der Waals surface area (Å²) in [5.41, 5.74) is 1.80. The highest BCUT2D eigenvalue weighted by Gasteiger charge is 2.23. The first-order valence-electron chi connectivity index (χ1n) is 9.14. The number of thiazole rings is 1. The van der Waals surface area contributed by atoms with E-state index in [0.29, 0.717) is 31.2 Å². The normalized spacial score (nSPS) is 13.7. The van der Waals surface area contributed by atoms with E-state index in [9.17, 15) is 14.0 Å². The van der Waals surface area contributed by atoms with E-state index in [1.165, 1.54) is 29.7 Å². The van der Waals surface area contributed by atoms with Gasteiger partial charge in [-0.3, -0.25) is 19.8 Å². The van der Waals surface area contributed by atoms with Crippen molar-refractivity contribution in [3.8, 4) is 0 Å². The summed E-state index contributed by atoms with van der Waals surface area (Å²) >= 11 is 1.41. The lowest BCUT2D eigenvalue weighted by Crippen LogP contribution is -2.39. The van der Waals surface area contributed by atoms with E-state index < -0.39 is 0 Å². The molecule has 9 heteroatoms. The number of benzene rings is 1. The van der Waals surface area contributed by atoms with Crippen molar-refractivity contribution in [3.63, 3.8) is 0 Å². The minimum atomic E-state index is -0.335. The summed E-state index contributed by atoms with van der Waals surface area (Å²) < 4.78 is 18.0. The van der Waals surface area contributed by atoms with Gasteiger partial charge < -0.3 is 9.73 Å². The van der Waals surface area contributed by atoms with E-state index in [-0.39, 0.29) is 29.9 Å². The molecule has 0 bridgehead atoms. The van der Waals surface area contributed by atoms with Gasteiger partial charge in [-0.05, 0) is 29.8 Å². The summed E-state index contributed by atoms with van der Waals surface area (Å²) in [7, 11) is 0. The molecule has 0 atom stereocenters. The van der Waals surface area contributed by atoms with Crippen LogP contribution in [-0.2, 0) is 24.3 Å². The summed E-state index contributed by atoms with van der Waals surface area (Å²) in [5.74, 6) is -0.488. The fourth-order valence-electron chi connectivity index (χ4n) is 3.07. The Morgan fingerprint density at radius 3 is 2.83 bits per heavy atom. The zero-order chi connectivity index (χ0) is 20.2. The van der Waals surface area contributed by atoms with Crippen molar-refractivity contribution in [1.82, 2.24) is 15.2 Å². The number of carbonyl (C=O) groups excluding carboxylic acids is 2. The molecule has 0 fully saturated rings. The number of furan rings is 1. The molecule has 0 aliphatic carbocycles. The standard InChI is InChI=1S/C20H19FN4O3S/c21-14-5-3-13(4-6-14)10-22-18(26)12-25-8-7-15-17(11-25)29-20(23-15)24-19(27)16-2-1-9-28-16/h1-6,9H,7-8,10-12H2,(H,22,26)(H,23,24,27). The van der Waals surface area contributed by atoms with Gasteiger partial charge in [0.1, 0.15) is 5.82 Å². The number of hydrogen-bond acceptors (Lipinski definition) is 6. The predicted octanol–water partition coefficient (Wildman–Crippen LogP) is 2.80. The molecule has 4 rings (SSSR count). The zero-order valence-corrected chi connectivity index (χ0v) is 16.3. The molecular formula is C20H19FN4O3S. The van der Waals surface area contributed by atoms with Gasteiger partial charge in [-0.2, -0.15) is 0 Å². The molecular weight excluding hydrogens is 395 g/mol. The van der Waals surface area contributed by atoms with Crippen LogP contribution >= 0.6 is 11.3 Å². The fourth-order valence-corrected chi connectivity index (χ4v) is 4.11. The maximum Gasteiger partial charge on any atom is 0.293 e. The summed E-state index contributed by atoms with van der Waals surface area (Å²) in [4.78, 5) is 31.9. The highest BCUT2D eigenvalue weighted by Crippen LogP contribution is 2.28. The molecule has 2 amide bonds. The van der Waals surface area contributed by atoms with Gasteiger partial charge in [0.15, 0.2) is 10.9 Å². The van der Waals surface area contributed by atoms with E-state index in [4.69, 9.17) is 4.42 Å². The van der Waals surface area contributed by atoms with Gasteiger partial charge in [0.25, 0.3) is 5.91 Å². The number of aromatic nitrogens is 1. The molecule has 0 unspecified atom stereocenters. The van der Waals surface area contributed by atoms with Crippen LogP contribution in [0.2, 0.25) is 0 Å². The Kier molecular flexibility index (Phi) is 5.68. The smallest absolute Gasteiger partial charge is 0.293 e. The van der Waals surface area contributed by atoms with Crippen LogP contribution < -0.4 is 10.6 Å². The highest BCUT2D eigenvalue weighted by atomic mass is 32.1. The molecule has 7 nitrogen and oxygen atoms in total. The number of amides is 2. The molecule has 150 valence electrons. The van der Waals surface area contributed by atoms with Crippen LogP contribution in [0.3, 0.4) is 0 Å². The number of anilines is 1. The third-order valence-electron chi connectivity index (χ3n) is 4.55. The van der Waals surface area contributed by atoms with Crippen LogP contribution in [0.25, 0.3) is 0 Å². The monoisotopic (exact) mass is 414 g/mol. The van der Waals surface area contributed by atoms with E-state index in [1.807, 2.05) is 4.90 Å². The summed E-state index contributed by atoms with van der Waals surface area (Å²) in [6.07, 6.45) is 2.16. The number of rotatable bonds is 6. The largest absolute Gasteiger partial charge is 0.459 e. The van der Waals surface area contributed by atoms with Gasteiger partial charge in [-0.15, -0.1) is 11.3 Å². The molecule has 0 radical (unpaired) electrons. The Morgan fingerprint density at radius 1 is 1.24 bits per heavy atom. The molecule has 0 saturated carbocycles. The lowest BCUT2D eigenvalue weighted by atomic mass is 10.2. The van der Waals surface area contributed by atoms with Gasteiger partial charge in [0, 0.05) is 30.9 Å². The number of nitrogens with zero attached hydrogens (tertiary/aromatic N) is 2. The van der Waals surface area contributed by atoms with Crippen molar-refractivity contribution >= 4 is 28.3 Å². The van der Waals surface area contributed by atoms with Crippen molar-refractivity contribution in [2.45, 2.75) is 19.5 Å². The Balaban J connectivity index is 1.29. The van der Waals surface area contributed by atoms with E-state index >= 15 is 0 Å². The van der Waals surface area contributed by atoms with Crippen molar-refractivity contribution in [3.05, 3.63) is 70.4 Å². The molecule has 1 aliphatic rings. The maximum atomic E-state index is 12.9. The maximum absolute atomic E-state index is 12.9. The fraction of sp³-hybridized carbons (Fsp3) is 0.250. The van der Waals surface area contributed by atoms with Gasteiger partial charge in [-0.1, -0.05) is 12.1 Å². The molecule has 3 aromatic rings. The average molecular weight is 414 g/mol. The quantitative estimate of drug-likeness (QED) is 0.648. The second kappa shape index (κ2) is 8.54. The Labute approximate surface area is 170 Å². The van der Waals surface area contributed by atoms with E-state index in [1.54, 1.807) is 24.3 Å². The minimum absolute atomic E-state index is 0.0892. The Morgan fingerprint density at radius 2 is 2.07 bits per heavy atom. The van der Waals surface area contributed by atoms with Crippen molar-refractivity contribution in [2.75, 3.05) is 18.4 Å². The summed E-state index contributed by atoms with van der Waals surface area (Å²) in [6, 6.07) is 9.30. The van der Waals surface area contributed by atoms with Crippen molar-refractivity contribution in [2.24, 2.45) is 0 Å². The third-order valence-corrected chi connectivity index (χ3v) is 5.54. The highest BCUT2D eigenvalue weighted by molar-refractivity contribution is 7.15. The number of fused-ring (bicyclic) bond motifs is 1. The van der Waals surface area contributed by atoms with Crippen LogP contribution in [0, 0.1) is 5.82 Å². The molecule has 2 N–H and O–H groups in total. The average Bonchev–Trinajstić information content (AvgIpc) is 3.37.